The van der Waals surface area contributed by atoms with Gasteiger partial charge in [-0.05, 0) is 44.1 Å². The molecule has 0 unspecified atom stereocenters. The van der Waals surface area contributed by atoms with Crippen LogP contribution in [0.2, 0.25) is 5.02 Å². The third-order valence-electron chi connectivity index (χ3n) is 3.21. The second-order valence-electron chi connectivity index (χ2n) is 4.70. The van der Waals surface area contributed by atoms with E-state index in [0.717, 1.165) is 32.0 Å². The Morgan fingerprint density at radius 1 is 1.45 bits per heavy atom. The van der Waals surface area contributed by atoms with Crippen molar-refractivity contribution in [3.05, 3.63) is 34.6 Å². The highest BCUT2D eigenvalue weighted by Crippen LogP contribution is 2.15. The molecule has 6 heteroatoms. The lowest BCUT2D eigenvalue weighted by molar-refractivity contribution is 0.0343. The molecule has 1 aliphatic heterocycles. The molecule has 4 nitrogen and oxygen atoms in total. The molecule has 1 aromatic rings. The Morgan fingerprint density at radius 2 is 2.20 bits per heavy atom. The van der Waals surface area contributed by atoms with Crippen LogP contribution in [0.25, 0.3) is 0 Å². The van der Waals surface area contributed by atoms with E-state index >= 15 is 0 Å². The topological polar surface area (TPSA) is 50.4 Å². The maximum atomic E-state index is 13.2. The molecular weight excluding hydrogens is 283 g/mol. The Labute approximate surface area is 122 Å². The fourth-order valence-electron chi connectivity index (χ4n) is 2.09. The average Bonchev–Trinajstić information content (AvgIpc) is 2.47. The van der Waals surface area contributed by atoms with Gasteiger partial charge in [-0.25, -0.2) is 4.39 Å². The molecule has 2 rings (SSSR count). The van der Waals surface area contributed by atoms with Gasteiger partial charge in [0.1, 0.15) is 5.82 Å². The predicted molar refractivity (Wildman–Crippen MR) is 75.6 cm³/mol. The maximum absolute atomic E-state index is 13.2. The summed E-state index contributed by atoms with van der Waals surface area (Å²) in [5.41, 5.74) is 0.258. The summed E-state index contributed by atoms with van der Waals surface area (Å²) in [7, 11) is 0. The van der Waals surface area contributed by atoms with E-state index in [1.54, 1.807) is 0 Å². The van der Waals surface area contributed by atoms with Gasteiger partial charge in [0.15, 0.2) is 0 Å². The summed E-state index contributed by atoms with van der Waals surface area (Å²) in [4.78, 5) is 11.8. The van der Waals surface area contributed by atoms with Crippen LogP contribution >= 0.6 is 11.6 Å². The SMILES string of the molecule is O=C(NCCOC1CCNCC1)c1ccc(Cl)c(F)c1. The lowest BCUT2D eigenvalue weighted by Gasteiger charge is -2.22. The van der Waals surface area contributed by atoms with Crippen molar-refractivity contribution < 1.29 is 13.9 Å². The molecule has 1 aliphatic rings. The van der Waals surface area contributed by atoms with Crippen molar-refractivity contribution in [1.29, 1.82) is 0 Å². The third kappa shape index (κ3) is 4.44. The first-order valence-electron chi connectivity index (χ1n) is 6.72. The summed E-state index contributed by atoms with van der Waals surface area (Å²) in [6, 6.07) is 4.00. The van der Waals surface area contributed by atoms with E-state index < -0.39 is 5.82 Å². The summed E-state index contributed by atoms with van der Waals surface area (Å²) < 4.78 is 18.9. The van der Waals surface area contributed by atoms with Crippen LogP contribution in [-0.2, 0) is 4.74 Å². The van der Waals surface area contributed by atoms with Gasteiger partial charge in [-0.3, -0.25) is 4.79 Å². The third-order valence-corrected chi connectivity index (χ3v) is 3.52. The molecule has 0 aliphatic carbocycles. The molecule has 0 aromatic heterocycles. The first kappa shape index (κ1) is 15.2. The average molecular weight is 301 g/mol. The molecule has 1 amide bonds. The van der Waals surface area contributed by atoms with Crippen molar-refractivity contribution in [2.75, 3.05) is 26.2 Å². The van der Waals surface area contributed by atoms with E-state index in [1.807, 2.05) is 0 Å². The van der Waals surface area contributed by atoms with Crippen molar-refractivity contribution in [2.45, 2.75) is 18.9 Å². The number of nitrogens with one attached hydrogen (secondary N) is 2. The van der Waals surface area contributed by atoms with E-state index in [9.17, 15) is 9.18 Å². The Balaban J connectivity index is 1.70. The van der Waals surface area contributed by atoms with Gasteiger partial charge in [-0.2, -0.15) is 0 Å². The van der Waals surface area contributed by atoms with Crippen LogP contribution < -0.4 is 10.6 Å². The molecule has 1 heterocycles. The highest BCUT2D eigenvalue weighted by Gasteiger charge is 2.13. The van der Waals surface area contributed by atoms with Crippen LogP contribution in [0.15, 0.2) is 18.2 Å². The van der Waals surface area contributed by atoms with Crippen LogP contribution in [-0.4, -0.2) is 38.3 Å². The summed E-state index contributed by atoms with van der Waals surface area (Å²) in [6.45, 7) is 2.82. The first-order chi connectivity index (χ1) is 9.66. The zero-order chi connectivity index (χ0) is 14.4. The summed E-state index contributed by atoms with van der Waals surface area (Å²) in [6.07, 6.45) is 2.26. The highest BCUT2D eigenvalue weighted by molar-refractivity contribution is 6.30. The molecular formula is C14H18ClFN2O2. The maximum Gasteiger partial charge on any atom is 0.251 e. The number of halogens is 2. The zero-order valence-corrected chi connectivity index (χ0v) is 11.9. The quantitative estimate of drug-likeness (QED) is 0.818. The number of benzene rings is 1. The molecule has 1 aromatic carbocycles. The van der Waals surface area contributed by atoms with Gasteiger partial charge in [0.2, 0.25) is 0 Å². The Bertz CT molecular complexity index is 464. The lowest BCUT2D eigenvalue weighted by atomic mass is 10.1. The summed E-state index contributed by atoms with van der Waals surface area (Å²) in [5, 5.41) is 5.96. The highest BCUT2D eigenvalue weighted by atomic mass is 35.5. The van der Waals surface area contributed by atoms with Crippen molar-refractivity contribution >= 4 is 17.5 Å². The number of hydrogen-bond acceptors (Lipinski definition) is 3. The van der Waals surface area contributed by atoms with Crippen molar-refractivity contribution in [3.8, 4) is 0 Å². The molecule has 0 spiro atoms. The van der Waals surface area contributed by atoms with Crippen molar-refractivity contribution in [3.63, 3.8) is 0 Å². The van der Waals surface area contributed by atoms with Gasteiger partial charge >= 0.3 is 0 Å². The van der Waals surface area contributed by atoms with Crippen LogP contribution in [0, 0.1) is 5.82 Å². The molecule has 1 fully saturated rings. The zero-order valence-electron chi connectivity index (χ0n) is 11.1. The van der Waals surface area contributed by atoms with E-state index in [0.29, 0.717) is 13.2 Å². The Hall–Kier alpha value is -1.17. The molecule has 0 radical (unpaired) electrons. The van der Waals surface area contributed by atoms with Gasteiger partial charge in [-0.15, -0.1) is 0 Å². The Morgan fingerprint density at radius 3 is 2.90 bits per heavy atom. The minimum Gasteiger partial charge on any atom is -0.376 e. The first-order valence-corrected chi connectivity index (χ1v) is 7.10. The van der Waals surface area contributed by atoms with Gasteiger partial charge in [0, 0.05) is 12.1 Å². The number of rotatable bonds is 5. The number of piperidine rings is 1. The van der Waals surface area contributed by atoms with E-state index in [4.69, 9.17) is 16.3 Å². The van der Waals surface area contributed by atoms with Crippen molar-refractivity contribution in [2.24, 2.45) is 0 Å². The normalized spacial score (nSPS) is 16.1. The number of carbonyl (C=O) groups is 1. The molecule has 0 bridgehead atoms. The van der Waals surface area contributed by atoms with E-state index in [-0.39, 0.29) is 22.6 Å². The molecule has 1 saturated heterocycles. The number of amides is 1. The van der Waals surface area contributed by atoms with Gasteiger partial charge in [0.05, 0.1) is 17.7 Å². The fraction of sp³-hybridized carbons (Fsp3) is 0.500. The molecule has 20 heavy (non-hydrogen) atoms. The molecule has 2 N–H and O–H groups in total. The number of carbonyl (C=O) groups excluding carboxylic acids is 1. The largest absolute Gasteiger partial charge is 0.376 e. The fourth-order valence-corrected chi connectivity index (χ4v) is 2.21. The van der Waals surface area contributed by atoms with Crippen molar-refractivity contribution in [1.82, 2.24) is 10.6 Å². The molecule has 0 atom stereocenters. The molecule has 110 valence electrons. The monoisotopic (exact) mass is 300 g/mol. The lowest BCUT2D eigenvalue weighted by Crippen LogP contribution is -2.34. The second-order valence-corrected chi connectivity index (χ2v) is 5.11. The minimum atomic E-state index is -0.592. The second kappa shape index (κ2) is 7.57. The minimum absolute atomic E-state index is 0.00999. The molecule has 0 saturated carbocycles. The summed E-state index contributed by atoms with van der Waals surface area (Å²) in [5.74, 6) is -0.917. The standard InChI is InChI=1S/C14H18ClFN2O2/c15-12-2-1-10(9-13(12)16)14(19)18-7-8-20-11-3-5-17-6-4-11/h1-2,9,11,17H,3-8H2,(H,18,19). The van der Waals surface area contributed by atoms with Gasteiger partial charge in [0.25, 0.3) is 5.91 Å². The van der Waals surface area contributed by atoms with E-state index in [2.05, 4.69) is 10.6 Å². The van der Waals surface area contributed by atoms with Gasteiger partial charge in [-0.1, -0.05) is 11.6 Å². The van der Waals surface area contributed by atoms with Crippen LogP contribution in [0.4, 0.5) is 4.39 Å². The van der Waals surface area contributed by atoms with Crippen LogP contribution in [0.5, 0.6) is 0 Å². The number of ether oxygens (including phenoxy) is 1. The Kier molecular flexibility index (Phi) is 5.76. The predicted octanol–water partition coefficient (Wildman–Crippen LogP) is 1.98. The number of hydrogen-bond donors (Lipinski definition) is 2. The smallest absolute Gasteiger partial charge is 0.251 e. The van der Waals surface area contributed by atoms with Crippen LogP contribution in [0.1, 0.15) is 23.2 Å². The van der Waals surface area contributed by atoms with E-state index in [1.165, 1.54) is 12.1 Å². The van der Waals surface area contributed by atoms with Gasteiger partial charge < -0.3 is 15.4 Å². The summed E-state index contributed by atoms with van der Waals surface area (Å²) >= 11 is 5.57. The van der Waals surface area contributed by atoms with Crippen LogP contribution in [0.3, 0.4) is 0 Å².